The van der Waals surface area contributed by atoms with Gasteiger partial charge in [-0.05, 0) is 30.0 Å². The van der Waals surface area contributed by atoms with Crippen LogP contribution in [0.25, 0.3) is 6.08 Å². The molecule has 108 valence electrons. The van der Waals surface area contributed by atoms with Gasteiger partial charge in [-0.3, -0.25) is 4.79 Å². The van der Waals surface area contributed by atoms with E-state index in [2.05, 4.69) is 23.9 Å². The van der Waals surface area contributed by atoms with Gasteiger partial charge >= 0.3 is 5.97 Å². The molecule has 0 saturated heterocycles. The Labute approximate surface area is 119 Å². The van der Waals surface area contributed by atoms with E-state index in [0.29, 0.717) is 5.92 Å². The minimum absolute atomic E-state index is 0.323. The van der Waals surface area contributed by atoms with E-state index in [1.165, 1.54) is 18.7 Å². The second-order valence-corrected chi connectivity index (χ2v) is 4.91. The molecule has 1 N–H and O–H groups in total. The quantitative estimate of drug-likeness (QED) is 0.663. The van der Waals surface area contributed by atoms with E-state index in [9.17, 15) is 9.59 Å². The summed E-state index contributed by atoms with van der Waals surface area (Å²) < 4.78 is 4.53. The first-order chi connectivity index (χ1) is 9.43. The number of ether oxygens (including phenoxy) is 1. The lowest BCUT2D eigenvalue weighted by Gasteiger charge is -2.09. The van der Waals surface area contributed by atoms with Crippen molar-refractivity contribution in [1.82, 2.24) is 5.32 Å². The molecular formula is C16H21NO3. The van der Waals surface area contributed by atoms with Crippen LogP contribution < -0.4 is 5.32 Å². The zero-order valence-corrected chi connectivity index (χ0v) is 12.3. The van der Waals surface area contributed by atoms with E-state index in [0.717, 1.165) is 5.56 Å². The monoisotopic (exact) mass is 275 g/mol. The van der Waals surface area contributed by atoms with Gasteiger partial charge in [0, 0.05) is 6.08 Å². The molecule has 1 atom stereocenters. The van der Waals surface area contributed by atoms with Gasteiger partial charge < -0.3 is 10.1 Å². The van der Waals surface area contributed by atoms with Crippen LogP contribution in [-0.2, 0) is 14.3 Å². The Bertz CT molecular complexity index is 489. The van der Waals surface area contributed by atoms with Gasteiger partial charge in [-0.2, -0.15) is 0 Å². The molecule has 4 nitrogen and oxygen atoms in total. The summed E-state index contributed by atoms with van der Waals surface area (Å²) in [6, 6.07) is 7.35. The molecule has 0 saturated carbocycles. The van der Waals surface area contributed by atoms with Crippen LogP contribution in [0.1, 0.15) is 37.8 Å². The molecule has 1 amide bonds. The molecule has 4 heteroatoms. The summed E-state index contributed by atoms with van der Waals surface area (Å²) in [7, 11) is 1.29. The van der Waals surface area contributed by atoms with Gasteiger partial charge in [0.05, 0.1) is 7.11 Å². The SMILES string of the molecule is COC(=O)C(C)NC(=O)C=Cc1ccc(C(C)C)cc1. The summed E-state index contributed by atoms with van der Waals surface area (Å²) in [6.07, 6.45) is 3.12. The summed E-state index contributed by atoms with van der Waals surface area (Å²) in [5.41, 5.74) is 2.20. The molecule has 0 aliphatic carbocycles. The maximum atomic E-state index is 11.6. The summed E-state index contributed by atoms with van der Waals surface area (Å²) in [6.45, 7) is 5.84. The summed E-state index contributed by atoms with van der Waals surface area (Å²) >= 11 is 0. The Morgan fingerprint density at radius 3 is 2.25 bits per heavy atom. The number of hydrogen-bond acceptors (Lipinski definition) is 3. The fourth-order valence-corrected chi connectivity index (χ4v) is 1.66. The first-order valence-corrected chi connectivity index (χ1v) is 6.60. The third-order valence-corrected chi connectivity index (χ3v) is 2.94. The molecule has 0 spiro atoms. The number of nitrogens with one attached hydrogen (secondary N) is 1. The topological polar surface area (TPSA) is 55.4 Å². The molecule has 1 unspecified atom stereocenters. The average molecular weight is 275 g/mol. The van der Waals surface area contributed by atoms with E-state index >= 15 is 0 Å². The third-order valence-electron chi connectivity index (χ3n) is 2.94. The van der Waals surface area contributed by atoms with Crippen LogP contribution in [0.15, 0.2) is 30.3 Å². The minimum Gasteiger partial charge on any atom is -0.467 e. The molecule has 0 heterocycles. The fourth-order valence-electron chi connectivity index (χ4n) is 1.66. The lowest BCUT2D eigenvalue weighted by molar-refractivity contribution is -0.144. The van der Waals surface area contributed by atoms with Crippen molar-refractivity contribution in [3.8, 4) is 0 Å². The highest BCUT2D eigenvalue weighted by Crippen LogP contribution is 2.15. The first kappa shape index (κ1) is 16.0. The van der Waals surface area contributed by atoms with E-state index in [-0.39, 0.29) is 5.91 Å². The maximum absolute atomic E-state index is 11.6. The van der Waals surface area contributed by atoms with E-state index < -0.39 is 12.0 Å². The molecule has 1 rings (SSSR count). The molecule has 1 aromatic carbocycles. The Kier molecular flexibility index (Phi) is 5.97. The molecule has 1 aromatic rings. The van der Waals surface area contributed by atoms with Crippen molar-refractivity contribution in [2.24, 2.45) is 0 Å². The van der Waals surface area contributed by atoms with Crippen LogP contribution in [0.4, 0.5) is 0 Å². The zero-order valence-electron chi connectivity index (χ0n) is 12.3. The highest BCUT2D eigenvalue weighted by atomic mass is 16.5. The molecule has 0 aromatic heterocycles. The Morgan fingerprint density at radius 1 is 1.15 bits per heavy atom. The van der Waals surface area contributed by atoms with Gasteiger partial charge in [0.25, 0.3) is 0 Å². The van der Waals surface area contributed by atoms with Crippen LogP contribution in [-0.4, -0.2) is 25.0 Å². The number of carbonyl (C=O) groups excluding carboxylic acids is 2. The van der Waals surface area contributed by atoms with Crippen molar-refractivity contribution < 1.29 is 14.3 Å². The molecule has 0 aliphatic heterocycles. The van der Waals surface area contributed by atoms with Gasteiger partial charge in [0.1, 0.15) is 6.04 Å². The number of amides is 1. The van der Waals surface area contributed by atoms with Crippen molar-refractivity contribution in [1.29, 1.82) is 0 Å². The highest BCUT2D eigenvalue weighted by Gasteiger charge is 2.13. The molecule has 20 heavy (non-hydrogen) atoms. The Hall–Kier alpha value is -2.10. The minimum atomic E-state index is -0.652. The predicted molar refractivity (Wildman–Crippen MR) is 79.2 cm³/mol. The summed E-state index contributed by atoms with van der Waals surface area (Å²) in [5.74, 6) is -0.305. The maximum Gasteiger partial charge on any atom is 0.328 e. The molecular weight excluding hydrogens is 254 g/mol. The Morgan fingerprint density at radius 2 is 1.75 bits per heavy atom. The van der Waals surface area contributed by atoms with Gasteiger partial charge in [-0.25, -0.2) is 4.79 Å². The number of carbonyl (C=O) groups is 2. The Balaban J connectivity index is 2.59. The zero-order chi connectivity index (χ0) is 15.1. The van der Waals surface area contributed by atoms with Crippen molar-refractivity contribution >= 4 is 18.0 Å². The first-order valence-electron chi connectivity index (χ1n) is 6.60. The number of methoxy groups -OCH3 is 1. The van der Waals surface area contributed by atoms with Gasteiger partial charge in [-0.15, -0.1) is 0 Å². The second kappa shape index (κ2) is 7.48. The van der Waals surface area contributed by atoms with Crippen molar-refractivity contribution in [2.75, 3.05) is 7.11 Å². The van der Waals surface area contributed by atoms with Crippen molar-refractivity contribution in [2.45, 2.75) is 32.7 Å². The van der Waals surface area contributed by atoms with Crippen LogP contribution in [0.5, 0.6) is 0 Å². The lowest BCUT2D eigenvalue weighted by atomic mass is 10.0. The van der Waals surface area contributed by atoms with E-state index in [1.54, 1.807) is 13.0 Å². The number of benzene rings is 1. The van der Waals surface area contributed by atoms with Gasteiger partial charge in [0.15, 0.2) is 0 Å². The van der Waals surface area contributed by atoms with E-state index in [4.69, 9.17) is 0 Å². The second-order valence-electron chi connectivity index (χ2n) is 4.91. The fraction of sp³-hybridized carbons (Fsp3) is 0.375. The summed E-state index contributed by atoms with van der Waals surface area (Å²) in [4.78, 5) is 22.8. The van der Waals surface area contributed by atoms with Crippen LogP contribution in [0.2, 0.25) is 0 Å². The third kappa shape index (κ3) is 4.88. The standard InChI is InChI=1S/C16H21NO3/c1-11(2)14-8-5-13(6-9-14)7-10-15(18)17-12(3)16(19)20-4/h5-12H,1-4H3,(H,17,18). The van der Waals surface area contributed by atoms with Crippen molar-refractivity contribution in [3.63, 3.8) is 0 Å². The summed E-state index contributed by atoms with van der Waals surface area (Å²) in [5, 5.41) is 2.53. The smallest absolute Gasteiger partial charge is 0.328 e. The molecule has 0 aliphatic rings. The molecule has 0 fully saturated rings. The van der Waals surface area contributed by atoms with Crippen LogP contribution >= 0.6 is 0 Å². The normalized spacial score (nSPS) is 12.4. The van der Waals surface area contributed by atoms with Crippen LogP contribution in [0, 0.1) is 0 Å². The average Bonchev–Trinajstić information content (AvgIpc) is 2.44. The largest absolute Gasteiger partial charge is 0.467 e. The predicted octanol–water partition coefficient (Wildman–Crippen LogP) is 2.50. The molecule has 0 radical (unpaired) electrons. The number of rotatable bonds is 5. The van der Waals surface area contributed by atoms with Gasteiger partial charge in [0.2, 0.25) is 5.91 Å². The van der Waals surface area contributed by atoms with Crippen molar-refractivity contribution in [3.05, 3.63) is 41.5 Å². The highest BCUT2D eigenvalue weighted by molar-refractivity contribution is 5.94. The van der Waals surface area contributed by atoms with Crippen LogP contribution in [0.3, 0.4) is 0 Å². The molecule has 0 bridgehead atoms. The number of esters is 1. The van der Waals surface area contributed by atoms with Gasteiger partial charge in [-0.1, -0.05) is 38.1 Å². The van der Waals surface area contributed by atoms with E-state index in [1.807, 2.05) is 24.3 Å². The number of hydrogen-bond donors (Lipinski definition) is 1. The lowest BCUT2D eigenvalue weighted by Crippen LogP contribution is -2.38.